The van der Waals surface area contributed by atoms with Crippen molar-refractivity contribution in [2.75, 3.05) is 10.2 Å². The molecule has 0 aliphatic carbocycles. The standard InChI is InChI=1S/C23H15F3N2O2/c1-13-4-2-3-5-19(13)28-22(29)20(14-6-8-15(24)9-7-14)21(23(28)30)27-16-10-11-17(25)18(26)12-16/h2-12,27H,1H3. The van der Waals surface area contributed by atoms with Gasteiger partial charge in [-0.1, -0.05) is 30.3 Å². The number of benzene rings is 3. The number of halogens is 3. The molecule has 0 saturated carbocycles. The van der Waals surface area contributed by atoms with Crippen LogP contribution in [0.5, 0.6) is 0 Å². The van der Waals surface area contributed by atoms with E-state index in [0.717, 1.165) is 17.0 Å². The molecule has 0 aromatic heterocycles. The number of nitrogens with zero attached hydrogens (tertiary/aromatic N) is 1. The van der Waals surface area contributed by atoms with Gasteiger partial charge in [0.15, 0.2) is 11.6 Å². The third-order valence-electron chi connectivity index (χ3n) is 4.76. The Morgan fingerprint density at radius 1 is 0.800 bits per heavy atom. The number of hydrogen-bond acceptors (Lipinski definition) is 3. The molecule has 30 heavy (non-hydrogen) atoms. The average Bonchev–Trinajstić information content (AvgIpc) is 2.96. The number of carbonyl (C=O) groups excluding carboxylic acids is 2. The van der Waals surface area contributed by atoms with Crippen molar-refractivity contribution in [2.24, 2.45) is 0 Å². The lowest BCUT2D eigenvalue weighted by Crippen LogP contribution is -2.33. The van der Waals surface area contributed by atoms with Crippen LogP contribution in [0.15, 0.2) is 72.4 Å². The van der Waals surface area contributed by atoms with Crippen LogP contribution in [-0.2, 0) is 9.59 Å². The minimum absolute atomic E-state index is 0.00739. The van der Waals surface area contributed by atoms with E-state index in [-0.39, 0.29) is 17.0 Å². The fraction of sp³-hybridized carbons (Fsp3) is 0.0435. The Morgan fingerprint density at radius 2 is 1.50 bits per heavy atom. The Morgan fingerprint density at radius 3 is 2.17 bits per heavy atom. The van der Waals surface area contributed by atoms with E-state index in [1.54, 1.807) is 31.2 Å². The summed E-state index contributed by atoms with van der Waals surface area (Å²) in [5.74, 6) is -3.90. The number of carbonyl (C=O) groups is 2. The topological polar surface area (TPSA) is 49.4 Å². The van der Waals surface area contributed by atoms with E-state index in [2.05, 4.69) is 5.32 Å². The van der Waals surface area contributed by atoms with Crippen LogP contribution in [0.25, 0.3) is 5.57 Å². The highest BCUT2D eigenvalue weighted by Crippen LogP contribution is 2.35. The highest BCUT2D eigenvalue weighted by atomic mass is 19.2. The Labute approximate surface area is 170 Å². The van der Waals surface area contributed by atoms with Crippen LogP contribution in [0.3, 0.4) is 0 Å². The molecule has 0 atom stereocenters. The number of anilines is 2. The first-order valence-electron chi connectivity index (χ1n) is 9.03. The summed E-state index contributed by atoms with van der Waals surface area (Å²) in [4.78, 5) is 27.5. The SMILES string of the molecule is Cc1ccccc1N1C(=O)C(Nc2ccc(F)c(F)c2)=C(c2ccc(F)cc2)C1=O. The van der Waals surface area contributed by atoms with Gasteiger partial charge >= 0.3 is 0 Å². The van der Waals surface area contributed by atoms with E-state index < -0.39 is 29.3 Å². The van der Waals surface area contributed by atoms with Gasteiger partial charge in [0.1, 0.15) is 11.5 Å². The molecule has 1 heterocycles. The Bertz CT molecular complexity index is 1200. The first-order valence-corrected chi connectivity index (χ1v) is 9.03. The second kappa shape index (κ2) is 7.51. The van der Waals surface area contributed by atoms with Crippen LogP contribution in [0, 0.1) is 24.4 Å². The number of rotatable bonds is 4. The zero-order valence-electron chi connectivity index (χ0n) is 15.7. The van der Waals surface area contributed by atoms with E-state index in [9.17, 15) is 22.8 Å². The van der Waals surface area contributed by atoms with Gasteiger partial charge < -0.3 is 5.32 Å². The summed E-state index contributed by atoms with van der Waals surface area (Å²) in [6, 6.07) is 15.0. The average molecular weight is 408 g/mol. The van der Waals surface area contributed by atoms with E-state index in [1.165, 1.54) is 30.3 Å². The molecule has 0 radical (unpaired) electrons. The molecule has 0 spiro atoms. The third kappa shape index (κ3) is 3.34. The molecule has 1 aliphatic heterocycles. The van der Waals surface area contributed by atoms with Crippen molar-refractivity contribution in [3.8, 4) is 0 Å². The molecule has 0 fully saturated rings. The van der Waals surface area contributed by atoms with Crippen LogP contribution in [0.4, 0.5) is 24.5 Å². The molecule has 4 nitrogen and oxygen atoms in total. The van der Waals surface area contributed by atoms with Gasteiger partial charge in [-0.2, -0.15) is 0 Å². The van der Waals surface area contributed by atoms with Crippen LogP contribution in [0.1, 0.15) is 11.1 Å². The summed E-state index contributed by atoms with van der Waals surface area (Å²) in [5.41, 5.74) is 1.40. The number of imide groups is 1. The summed E-state index contributed by atoms with van der Waals surface area (Å²) in [6.07, 6.45) is 0. The highest BCUT2D eigenvalue weighted by molar-refractivity contribution is 6.46. The second-order valence-electron chi connectivity index (χ2n) is 6.74. The molecule has 3 aromatic rings. The Kier molecular flexibility index (Phi) is 4.87. The smallest absolute Gasteiger partial charge is 0.282 e. The monoisotopic (exact) mass is 408 g/mol. The predicted octanol–water partition coefficient (Wildman–Crippen LogP) is 4.81. The van der Waals surface area contributed by atoms with Crippen molar-refractivity contribution < 1.29 is 22.8 Å². The lowest BCUT2D eigenvalue weighted by molar-refractivity contribution is -0.120. The van der Waals surface area contributed by atoms with Gasteiger partial charge in [-0.15, -0.1) is 0 Å². The molecule has 0 saturated heterocycles. The van der Waals surface area contributed by atoms with Crippen molar-refractivity contribution >= 4 is 28.8 Å². The molecule has 0 unspecified atom stereocenters. The highest BCUT2D eigenvalue weighted by Gasteiger charge is 2.40. The Hall–Kier alpha value is -3.87. The maximum Gasteiger partial charge on any atom is 0.282 e. The Balaban J connectivity index is 1.84. The third-order valence-corrected chi connectivity index (χ3v) is 4.76. The molecule has 1 aliphatic rings. The van der Waals surface area contributed by atoms with Gasteiger partial charge in [0.25, 0.3) is 11.8 Å². The van der Waals surface area contributed by atoms with Gasteiger partial charge in [-0.05, 0) is 48.4 Å². The van der Waals surface area contributed by atoms with Gasteiger partial charge in [-0.3, -0.25) is 9.59 Å². The number of hydrogen-bond donors (Lipinski definition) is 1. The first kappa shape index (κ1) is 19.4. The minimum atomic E-state index is -1.10. The predicted molar refractivity (Wildman–Crippen MR) is 107 cm³/mol. The van der Waals surface area contributed by atoms with Crippen LogP contribution < -0.4 is 10.2 Å². The largest absolute Gasteiger partial charge is 0.350 e. The summed E-state index contributed by atoms with van der Waals surface area (Å²) < 4.78 is 40.3. The zero-order chi connectivity index (χ0) is 21.4. The van der Waals surface area contributed by atoms with Crippen LogP contribution >= 0.6 is 0 Å². The minimum Gasteiger partial charge on any atom is -0.350 e. The van der Waals surface area contributed by atoms with E-state index in [1.807, 2.05) is 0 Å². The van der Waals surface area contributed by atoms with E-state index >= 15 is 0 Å². The van der Waals surface area contributed by atoms with Crippen molar-refractivity contribution in [1.29, 1.82) is 0 Å². The fourth-order valence-electron chi connectivity index (χ4n) is 3.28. The van der Waals surface area contributed by atoms with Crippen LogP contribution in [-0.4, -0.2) is 11.8 Å². The normalized spacial score (nSPS) is 13.9. The van der Waals surface area contributed by atoms with Gasteiger partial charge in [0.2, 0.25) is 0 Å². The summed E-state index contributed by atoms with van der Waals surface area (Å²) in [5, 5.41) is 2.74. The molecule has 4 rings (SSSR count). The summed E-state index contributed by atoms with van der Waals surface area (Å²) >= 11 is 0. The molecule has 1 N–H and O–H groups in total. The van der Waals surface area contributed by atoms with Crippen molar-refractivity contribution in [2.45, 2.75) is 6.92 Å². The number of nitrogens with one attached hydrogen (secondary N) is 1. The van der Waals surface area contributed by atoms with E-state index in [0.29, 0.717) is 16.8 Å². The maximum absolute atomic E-state index is 13.7. The lowest BCUT2D eigenvalue weighted by Gasteiger charge is -2.17. The quantitative estimate of drug-likeness (QED) is 0.631. The van der Waals surface area contributed by atoms with Gasteiger partial charge in [0.05, 0.1) is 11.3 Å². The zero-order valence-corrected chi connectivity index (χ0v) is 15.7. The van der Waals surface area contributed by atoms with Gasteiger partial charge in [-0.25, -0.2) is 18.1 Å². The molecule has 0 bridgehead atoms. The van der Waals surface area contributed by atoms with Crippen molar-refractivity contribution in [3.63, 3.8) is 0 Å². The first-order chi connectivity index (χ1) is 14.4. The van der Waals surface area contributed by atoms with Crippen LogP contribution in [0.2, 0.25) is 0 Å². The number of para-hydroxylation sites is 1. The van der Waals surface area contributed by atoms with Crippen molar-refractivity contribution in [1.82, 2.24) is 0 Å². The molecule has 3 aromatic carbocycles. The molecular weight excluding hydrogens is 393 g/mol. The molecular formula is C23H15F3N2O2. The molecule has 2 amide bonds. The second-order valence-corrected chi connectivity index (χ2v) is 6.74. The van der Waals surface area contributed by atoms with Crippen molar-refractivity contribution in [3.05, 3.63) is 101 Å². The van der Waals surface area contributed by atoms with Gasteiger partial charge in [0, 0.05) is 11.8 Å². The number of amides is 2. The number of aryl methyl sites for hydroxylation is 1. The molecule has 7 heteroatoms. The van der Waals surface area contributed by atoms with E-state index in [4.69, 9.17) is 0 Å². The summed E-state index contributed by atoms with van der Waals surface area (Å²) in [6.45, 7) is 1.76. The lowest BCUT2D eigenvalue weighted by atomic mass is 10.0. The summed E-state index contributed by atoms with van der Waals surface area (Å²) in [7, 11) is 0. The maximum atomic E-state index is 13.7. The molecule has 150 valence electrons. The fourth-order valence-corrected chi connectivity index (χ4v) is 3.28.